The van der Waals surface area contributed by atoms with Crippen LogP contribution in [0, 0.1) is 5.92 Å². The Labute approximate surface area is 119 Å². The van der Waals surface area contributed by atoms with Crippen molar-refractivity contribution in [2.24, 2.45) is 5.92 Å². The second-order valence-electron chi connectivity index (χ2n) is 5.15. The minimum atomic E-state index is 0.0231. The van der Waals surface area contributed by atoms with Crippen molar-refractivity contribution in [2.45, 2.75) is 37.6 Å². The number of piperidine rings is 1. The number of amides is 1. The molecular formula is C14H18ClNOS. The predicted molar refractivity (Wildman–Crippen MR) is 77.6 cm³/mol. The molecule has 0 radical (unpaired) electrons. The lowest BCUT2D eigenvalue weighted by Gasteiger charge is -2.37. The van der Waals surface area contributed by atoms with E-state index >= 15 is 0 Å². The molecule has 2 rings (SSSR count). The smallest absolute Gasteiger partial charge is 0.255 e. The molecule has 98 valence electrons. The molecule has 0 bridgehead atoms. The molecule has 1 heterocycles. The van der Waals surface area contributed by atoms with Crippen LogP contribution in [-0.2, 0) is 0 Å². The molecule has 0 saturated carbocycles. The van der Waals surface area contributed by atoms with Crippen LogP contribution >= 0.6 is 24.2 Å². The summed E-state index contributed by atoms with van der Waals surface area (Å²) in [5, 5.41) is 0.503. The molecule has 0 aromatic heterocycles. The van der Waals surface area contributed by atoms with Crippen LogP contribution in [0.4, 0.5) is 0 Å². The van der Waals surface area contributed by atoms with Crippen LogP contribution in [0.25, 0.3) is 0 Å². The maximum Gasteiger partial charge on any atom is 0.255 e. The number of carbonyl (C=O) groups excluding carboxylic acids is 1. The first-order valence-corrected chi connectivity index (χ1v) is 7.11. The van der Waals surface area contributed by atoms with Gasteiger partial charge in [0.15, 0.2) is 0 Å². The first-order valence-electron chi connectivity index (χ1n) is 6.28. The average molecular weight is 284 g/mol. The molecular weight excluding hydrogens is 266 g/mol. The number of rotatable bonds is 1. The fourth-order valence-electron chi connectivity index (χ4n) is 2.40. The van der Waals surface area contributed by atoms with Gasteiger partial charge in [0.05, 0.1) is 10.6 Å². The topological polar surface area (TPSA) is 20.3 Å². The van der Waals surface area contributed by atoms with E-state index in [1.165, 1.54) is 6.42 Å². The van der Waals surface area contributed by atoms with Gasteiger partial charge in [-0.1, -0.05) is 18.5 Å². The standard InChI is InChI=1S/C14H18ClNOS/c1-9-3-4-10(2)16(8-9)14(17)12-7-11(18)5-6-13(12)15/h5-7,9-10,18H,3-4,8H2,1-2H3. The lowest BCUT2D eigenvalue weighted by Crippen LogP contribution is -2.45. The number of nitrogens with zero attached hydrogens (tertiary/aromatic N) is 1. The van der Waals surface area contributed by atoms with E-state index in [2.05, 4.69) is 26.5 Å². The number of benzene rings is 1. The Kier molecular flexibility index (Phi) is 4.23. The summed E-state index contributed by atoms with van der Waals surface area (Å²) < 4.78 is 0. The van der Waals surface area contributed by atoms with Crippen molar-refractivity contribution in [3.05, 3.63) is 28.8 Å². The summed E-state index contributed by atoms with van der Waals surface area (Å²) in [5.41, 5.74) is 0.560. The third kappa shape index (κ3) is 2.83. The van der Waals surface area contributed by atoms with E-state index in [0.717, 1.165) is 17.9 Å². The third-order valence-corrected chi connectivity index (χ3v) is 4.17. The second kappa shape index (κ2) is 5.54. The molecule has 0 N–H and O–H groups in total. The molecule has 4 heteroatoms. The van der Waals surface area contributed by atoms with Crippen molar-refractivity contribution in [3.63, 3.8) is 0 Å². The van der Waals surface area contributed by atoms with Crippen LogP contribution in [0.3, 0.4) is 0 Å². The summed E-state index contributed by atoms with van der Waals surface area (Å²) in [5.74, 6) is 0.582. The normalized spacial score (nSPS) is 24.1. The Hall–Kier alpha value is -0.670. The number of likely N-dealkylation sites (tertiary alicyclic amines) is 1. The molecule has 1 aliphatic heterocycles. The highest BCUT2D eigenvalue weighted by Gasteiger charge is 2.28. The minimum absolute atomic E-state index is 0.0231. The number of thiol groups is 1. The Morgan fingerprint density at radius 2 is 2.11 bits per heavy atom. The van der Waals surface area contributed by atoms with Gasteiger partial charge in [-0.2, -0.15) is 0 Å². The van der Waals surface area contributed by atoms with Crippen LogP contribution in [0.2, 0.25) is 5.02 Å². The van der Waals surface area contributed by atoms with E-state index in [1.54, 1.807) is 18.2 Å². The first kappa shape index (κ1) is 13.8. The lowest BCUT2D eigenvalue weighted by molar-refractivity contribution is 0.0574. The SMILES string of the molecule is CC1CCC(C)N(C(=O)c2cc(S)ccc2Cl)C1. The highest BCUT2D eigenvalue weighted by Crippen LogP contribution is 2.26. The van der Waals surface area contributed by atoms with E-state index in [9.17, 15) is 4.79 Å². The highest BCUT2D eigenvalue weighted by molar-refractivity contribution is 7.80. The molecule has 18 heavy (non-hydrogen) atoms. The predicted octanol–water partition coefficient (Wildman–Crippen LogP) is 3.89. The molecule has 0 spiro atoms. The summed E-state index contributed by atoms with van der Waals surface area (Å²) in [7, 11) is 0. The van der Waals surface area contributed by atoms with Crippen LogP contribution in [0.5, 0.6) is 0 Å². The van der Waals surface area contributed by atoms with Gasteiger partial charge in [-0.05, 0) is 43.9 Å². The highest BCUT2D eigenvalue weighted by atomic mass is 35.5. The summed E-state index contributed by atoms with van der Waals surface area (Å²) in [6.45, 7) is 5.10. The number of halogens is 1. The van der Waals surface area contributed by atoms with Gasteiger partial charge in [-0.25, -0.2) is 0 Å². The van der Waals surface area contributed by atoms with E-state index in [1.807, 2.05) is 4.90 Å². The summed E-state index contributed by atoms with van der Waals surface area (Å²) in [4.78, 5) is 15.2. The van der Waals surface area contributed by atoms with Crippen molar-refractivity contribution in [1.82, 2.24) is 4.90 Å². The average Bonchev–Trinajstić information content (AvgIpc) is 2.34. The van der Waals surface area contributed by atoms with Crippen molar-refractivity contribution in [3.8, 4) is 0 Å². The number of hydrogen-bond acceptors (Lipinski definition) is 2. The number of hydrogen-bond donors (Lipinski definition) is 1. The Bertz CT molecular complexity index is 463. The fraction of sp³-hybridized carbons (Fsp3) is 0.500. The van der Waals surface area contributed by atoms with E-state index in [-0.39, 0.29) is 11.9 Å². The van der Waals surface area contributed by atoms with Crippen LogP contribution in [0.1, 0.15) is 37.0 Å². The van der Waals surface area contributed by atoms with Gasteiger partial charge in [0.1, 0.15) is 0 Å². The second-order valence-corrected chi connectivity index (χ2v) is 6.08. The minimum Gasteiger partial charge on any atom is -0.336 e. The third-order valence-electron chi connectivity index (χ3n) is 3.56. The van der Waals surface area contributed by atoms with Gasteiger partial charge in [0.25, 0.3) is 5.91 Å². The maximum absolute atomic E-state index is 12.5. The Morgan fingerprint density at radius 3 is 2.83 bits per heavy atom. The summed E-state index contributed by atoms with van der Waals surface area (Å²) in [6, 6.07) is 5.56. The zero-order valence-corrected chi connectivity index (χ0v) is 12.3. The lowest BCUT2D eigenvalue weighted by atomic mass is 9.94. The molecule has 1 aromatic rings. The Morgan fingerprint density at radius 1 is 1.39 bits per heavy atom. The van der Waals surface area contributed by atoms with Gasteiger partial charge >= 0.3 is 0 Å². The van der Waals surface area contributed by atoms with Crippen LogP contribution < -0.4 is 0 Å². The van der Waals surface area contributed by atoms with Crippen molar-refractivity contribution >= 4 is 30.1 Å². The summed E-state index contributed by atoms with van der Waals surface area (Å²) >= 11 is 10.4. The zero-order valence-electron chi connectivity index (χ0n) is 10.7. The largest absolute Gasteiger partial charge is 0.336 e. The van der Waals surface area contributed by atoms with Gasteiger partial charge in [-0.3, -0.25) is 4.79 Å². The molecule has 1 fully saturated rings. The van der Waals surface area contributed by atoms with Crippen molar-refractivity contribution in [1.29, 1.82) is 0 Å². The van der Waals surface area contributed by atoms with E-state index in [4.69, 9.17) is 11.6 Å². The molecule has 2 unspecified atom stereocenters. The molecule has 1 aromatic carbocycles. The monoisotopic (exact) mass is 283 g/mol. The Balaban J connectivity index is 2.27. The van der Waals surface area contributed by atoms with Crippen LogP contribution in [0.15, 0.2) is 23.1 Å². The van der Waals surface area contributed by atoms with Gasteiger partial charge in [0, 0.05) is 17.5 Å². The molecule has 0 aliphatic carbocycles. The van der Waals surface area contributed by atoms with Gasteiger partial charge in [-0.15, -0.1) is 12.6 Å². The van der Waals surface area contributed by atoms with E-state index < -0.39 is 0 Å². The van der Waals surface area contributed by atoms with Crippen LogP contribution in [-0.4, -0.2) is 23.4 Å². The number of carbonyl (C=O) groups is 1. The quantitative estimate of drug-likeness (QED) is 0.776. The summed E-state index contributed by atoms with van der Waals surface area (Å²) in [6.07, 6.45) is 2.25. The zero-order chi connectivity index (χ0) is 13.3. The van der Waals surface area contributed by atoms with Crippen molar-refractivity contribution < 1.29 is 4.79 Å². The molecule has 2 nitrogen and oxygen atoms in total. The van der Waals surface area contributed by atoms with Crippen molar-refractivity contribution in [2.75, 3.05) is 6.54 Å². The molecule has 2 atom stereocenters. The van der Waals surface area contributed by atoms with E-state index in [0.29, 0.717) is 16.5 Å². The fourth-order valence-corrected chi connectivity index (χ4v) is 2.81. The maximum atomic E-state index is 12.5. The molecule has 1 amide bonds. The molecule has 1 saturated heterocycles. The van der Waals surface area contributed by atoms with Gasteiger partial charge in [0.2, 0.25) is 0 Å². The van der Waals surface area contributed by atoms with Gasteiger partial charge < -0.3 is 4.90 Å². The first-order chi connectivity index (χ1) is 8.49. The molecule has 1 aliphatic rings.